The minimum Gasteiger partial charge on any atom is -0.508 e. The zero-order chi connectivity index (χ0) is 30.5. The maximum Gasteiger partial charge on any atom is 0.326 e. The summed E-state index contributed by atoms with van der Waals surface area (Å²) in [5, 5.41) is 35.5. The lowest BCUT2D eigenvalue weighted by atomic mass is 10.0. The van der Waals surface area contributed by atoms with Crippen LogP contribution in [0.4, 0.5) is 0 Å². The molecule has 4 atom stereocenters. The molecule has 0 saturated carbocycles. The molecule has 1 aromatic heterocycles. The van der Waals surface area contributed by atoms with Crippen LogP contribution in [0.3, 0.4) is 0 Å². The van der Waals surface area contributed by atoms with E-state index in [0.717, 1.165) is 0 Å². The Kier molecular flexibility index (Phi) is 12.2. The smallest absolute Gasteiger partial charge is 0.326 e. The van der Waals surface area contributed by atoms with E-state index in [0.29, 0.717) is 11.3 Å². The number of hydrogen-bond donors (Lipinski definition) is 9. The molecule has 2 rings (SSSR count). The lowest BCUT2D eigenvalue weighted by Crippen LogP contribution is -2.58. The summed E-state index contributed by atoms with van der Waals surface area (Å²) in [6, 6.07) is 0.259. The third-order valence-electron chi connectivity index (χ3n) is 5.92. The number of aromatic amines is 1. The van der Waals surface area contributed by atoms with Crippen molar-refractivity contribution in [2.24, 2.45) is 11.5 Å². The van der Waals surface area contributed by atoms with Gasteiger partial charge in [0.1, 0.15) is 23.9 Å². The van der Waals surface area contributed by atoms with E-state index in [9.17, 15) is 39.0 Å². The number of aliphatic carboxylic acids is 2. The van der Waals surface area contributed by atoms with Gasteiger partial charge in [0.05, 0.1) is 12.4 Å². The van der Waals surface area contributed by atoms with Crippen LogP contribution in [0.15, 0.2) is 36.8 Å². The number of primary amides is 1. The SMILES string of the molecule is NC(=O)CCC(N)C(=O)NC(CCC(=O)O)C(=O)NC(Cc1ccc(O)cc1)C(=O)NC(Cc1cnc[nH]1)C(=O)O. The molecular formula is C25H33N7O9. The largest absolute Gasteiger partial charge is 0.508 e. The van der Waals surface area contributed by atoms with Gasteiger partial charge in [0, 0.05) is 37.6 Å². The normalized spacial score (nSPS) is 13.7. The van der Waals surface area contributed by atoms with Gasteiger partial charge in [0.15, 0.2) is 0 Å². The van der Waals surface area contributed by atoms with Gasteiger partial charge in [-0.25, -0.2) is 9.78 Å². The van der Waals surface area contributed by atoms with Crippen LogP contribution in [0.2, 0.25) is 0 Å². The van der Waals surface area contributed by atoms with Gasteiger partial charge in [-0.2, -0.15) is 0 Å². The number of H-pyrrole nitrogens is 1. The molecule has 16 heteroatoms. The zero-order valence-corrected chi connectivity index (χ0v) is 21.9. The van der Waals surface area contributed by atoms with Crippen LogP contribution < -0.4 is 27.4 Å². The number of hydrogen-bond acceptors (Lipinski definition) is 9. The number of phenols is 1. The topological polar surface area (TPSA) is 280 Å². The summed E-state index contributed by atoms with van der Waals surface area (Å²) in [4.78, 5) is 79.6. The molecule has 0 aliphatic heterocycles. The van der Waals surface area contributed by atoms with Gasteiger partial charge in [0.2, 0.25) is 23.6 Å². The number of benzene rings is 1. The first kappa shape index (κ1) is 32.2. The molecule has 4 unspecified atom stereocenters. The summed E-state index contributed by atoms with van der Waals surface area (Å²) < 4.78 is 0. The average molecular weight is 576 g/mol. The fourth-order valence-corrected chi connectivity index (χ4v) is 3.68. The number of aromatic nitrogens is 2. The van der Waals surface area contributed by atoms with Crippen LogP contribution in [0.1, 0.15) is 36.9 Å². The highest BCUT2D eigenvalue weighted by molar-refractivity contribution is 5.94. The predicted octanol–water partition coefficient (Wildman–Crippen LogP) is -2.10. The van der Waals surface area contributed by atoms with Crippen molar-refractivity contribution in [3.63, 3.8) is 0 Å². The number of nitrogens with zero attached hydrogens (tertiary/aromatic N) is 1. The molecular weight excluding hydrogens is 542 g/mol. The second-order valence-electron chi connectivity index (χ2n) is 9.22. The second kappa shape index (κ2) is 15.6. The Morgan fingerprint density at radius 3 is 2.00 bits per heavy atom. The Bertz CT molecular complexity index is 1220. The van der Waals surface area contributed by atoms with Gasteiger partial charge in [-0.15, -0.1) is 0 Å². The zero-order valence-electron chi connectivity index (χ0n) is 21.9. The summed E-state index contributed by atoms with van der Waals surface area (Å²) in [7, 11) is 0. The molecule has 2 aromatic rings. The lowest BCUT2D eigenvalue weighted by molar-refractivity contribution is -0.142. The first-order valence-electron chi connectivity index (χ1n) is 12.5. The van der Waals surface area contributed by atoms with E-state index < -0.39 is 66.2 Å². The van der Waals surface area contributed by atoms with Gasteiger partial charge in [-0.3, -0.25) is 24.0 Å². The van der Waals surface area contributed by atoms with Crippen molar-refractivity contribution in [2.75, 3.05) is 0 Å². The van der Waals surface area contributed by atoms with Crippen molar-refractivity contribution in [3.05, 3.63) is 48.0 Å². The van der Waals surface area contributed by atoms with Crippen LogP contribution in [0, 0.1) is 0 Å². The Labute approximate surface area is 233 Å². The van der Waals surface area contributed by atoms with Crippen LogP contribution in [0.5, 0.6) is 5.75 Å². The Morgan fingerprint density at radius 2 is 1.44 bits per heavy atom. The van der Waals surface area contributed by atoms with E-state index in [1.165, 1.54) is 36.8 Å². The molecule has 0 aliphatic rings. The summed E-state index contributed by atoms with van der Waals surface area (Å²) in [6.07, 6.45) is 1.26. The highest BCUT2D eigenvalue weighted by Crippen LogP contribution is 2.12. The maximum absolute atomic E-state index is 13.3. The summed E-state index contributed by atoms with van der Waals surface area (Å²) in [5.74, 6) is -5.99. The predicted molar refractivity (Wildman–Crippen MR) is 141 cm³/mol. The lowest BCUT2D eigenvalue weighted by Gasteiger charge is -2.25. The minimum atomic E-state index is -1.44. The number of imidazole rings is 1. The molecule has 0 fully saturated rings. The number of rotatable bonds is 17. The summed E-state index contributed by atoms with van der Waals surface area (Å²) in [6.45, 7) is 0. The van der Waals surface area contributed by atoms with Crippen molar-refractivity contribution in [3.8, 4) is 5.75 Å². The van der Waals surface area contributed by atoms with E-state index in [1.54, 1.807) is 0 Å². The van der Waals surface area contributed by atoms with Crippen LogP contribution in [-0.2, 0) is 41.6 Å². The maximum atomic E-state index is 13.3. The molecule has 16 nitrogen and oxygen atoms in total. The number of aromatic hydroxyl groups is 1. The van der Waals surface area contributed by atoms with E-state index in [2.05, 4.69) is 25.9 Å². The molecule has 0 spiro atoms. The molecule has 4 amide bonds. The molecule has 0 bridgehead atoms. The first-order valence-corrected chi connectivity index (χ1v) is 12.5. The Balaban J connectivity index is 2.25. The van der Waals surface area contributed by atoms with Gasteiger partial charge >= 0.3 is 11.9 Å². The molecule has 41 heavy (non-hydrogen) atoms. The van der Waals surface area contributed by atoms with Crippen molar-refractivity contribution in [1.82, 2.24) is 25.9 Å². The molecule has 0 saturated heterocycles. The van der Waals surface area contributed by atoms with Gasteiger partial charge in [-0.05, 0) is 30.5 Å². The van der Waals surface area contributed by atoms with Crippen molar-refractivity contribution in [2.45, 2.75) is 62.7 Å². The second-order valence-corrected chi connectivity index (χ2v) is 9.22. The molecule has 0 radical (unpaired) electrons. The van der Waals surface area contributed by atoms with Gasteiger partial charge in [0.25, 0.3) is 0 Å². The monoisotopic (exact) mass is 575 g/mol. The molecule has 1 heterocycles. The molecule has 222 valence electrons. The van der Waals surface area contributed by atoms with Crippen molar-refractivity contribution < 1.29 is 44.1 Å². The minimum absolute atomic E-state index is 0.0478. The highest BCUT2D eigenvalue weighted by atomic mass is 16.4. The van der Waals surface area contributed by atoms with Crippen LogP contribution in [0.25, 0.3) is 0 Å². The van der Waals surface area contributed by atoms with E-state index in [4.69, 9.17) is 16.6 Å². The highest BCUT2D eigenvalue weighted by Gasteiger charge is 2.31. The van der Waals surface area contributed by atoms with Crippen LogP contribution in [-0.4, -0.2) is 85.0 Å². The van der Waals surface area contributed by atoms with E-state index in [1.807, 2.05) is 0 Å². The van der Waals surface area contributed by atoms with Crippen LogP contribution >= 0.6 is 0 Å². The van der Waals surface area contributed by atoms with Crippen molar-refractivity contribution in [1.29, 1.82) is 0 Å². The number of carboxylic acid groups (broad SMARTS) is 2. The first-order chi connectivity index (χ1) is 19.3. The molecule has 0 aliphatic carbocycles. The number of carbonyl (C=O) groups excluding carboxylic acids is 4. The standard InChI is InChI=1S/C25H33N7O9/c26-16(5-7-20(27)34)22(37)30-17(6-8-21(35)36)23(38)31-18(9-13-1-3-15(33)4-2-13)24(39)32-19(25(40)41)10-14-11-28-12-29-14/h1-4,11-12,16-19,33H,5-10,26H2,(H2,27,34)(H,28,29)(H,30,37)(H,31,38)(H,32,39)(H,35,36)(H,40,41). The van der Waals surface area contributed by atoms with Gasteiger partial charge in [-0.1, -0.05) is 12.1 Å². The summed E-state index contributed by atoms with van der Waals surface area (Å²) >= 11 is 0. The number of phenolic OH excluding ortho intramolecular Hbond substituents is 1. The number of nitrogens with one attached hydrogen (secondary N) is 4. The number of nitrogens with two attached hydrogens (primary N) is 2. The fourth-order valence-electron chi connectivity index (χ4n) is 3.68. The van der Waals surface area contributed by atoms with E-state index >= 15 is 0 Å². The Morgan fingerprint density at radius 1 is 0.829 bits per heavy atom. The molecule has 1 aromatic carbocycles. The third kappa shape index (κ3) is 11.3. The Hall–Kier alpha value is -4.99. The van der Waals surface area contributed by atoms with Gasteiger partial charge < -0.3 is 47.7 Å². The number of carbonyl (C=O) groups is 6. The number of amides is 4. The number of carboxylic acids is 2. The summed E-state index contributed by atoms with van der Waals surface area (Å²) in [5.41, 5.74) is 11.7. The fraction of sp³-hybridized carbons (Fsp3) is 0.400. The average Bonchev–Trinajstić information content (AvgIpc) is 3.42. The quantitative estimate of drug-likeness (QED) is 0.0984. The molecule has 11 N–H and O–H groups in total. The van der Waals surface area contributed by atoms with E-state index in [-0.39, 0.29) is 37.9 Å². The third-order valence-corrected chi connectivity index (χ3v) is 5.92. The van der Waals surface area contributed by atoms with Crippen molar-refractivity contribution >= 4 is 35.6 Å².